The molecule has 1 aliphatic heterocycles. The zero-order chi connectivity index (χ0) is 13.6. The summed E-state index contributed by atoms with van der Waals surface area (Å²) in [4.78, 5) is 28.5. The van der Waals surface area contributed by atoms with Crippen LogP contribution in [0.3, 0.4) is 0 Å². The molecule has 0 bridgehead atoms. The summed E-state index contributed by atoms with van der Waals surface area (Å²) in [5.41, 5.74) is 6.32. The molecule has 100 valence electrons. The number of hydrogen-bond acceptors (Lipinski definition) is 5. The summed E-state index contributed by atoms with van der Waals surface area (Å²) in [6, 6.07) is -0.00804. The zero-order valence-electron chi connectivity index (χ0n) is 10.5. The minimum absolute atomic E-state index is 0.00804. The Balaban J connectivity index is 2.06. The van der Waals surface area contributed by atoms with E-state index in [9.17, 15) is 9.59 Å². The molecule has 0 spiro atoms. The number of nitrogens with zero attached hydrogens (tertiary/aromatic N) is 4. The molecule has 1 aliphatic rings. The van der Waals surface area contributed by atoms with Crippen molar-refractivity contribution in [2.75, 3.05) is 13.1 Å². The van der Waals surface area contributed by atoms with Gasteiger partial charge in [-0.25, -0.2) is 4.52 Å². The third kappa shape index (κ3) is 1.89. The zero-order valence-corrected chi connectivity index (χ0v) is 10.5. The predicted octanol–water partition coefficient (Wildman–Crippen LogP) is -1.10. The highest BCUT2D eigenvalue weighted by molar-refractivity contribution is 5.98. The van der Waals surface area contributed by atoms with Crippen LogP contribution in [0.15, 0.2) is 11.0 Å². The van der Waals surface area contributed by atoms with Gasteiger partial charge in [0, 0.05) is 24.8 Å². The maximum Gasteiger partial charge on any atom is 0.276 e. The number of amides is 1. The molecule has 8 nitrogen and oxygen atoms in total. The van der Waals surface area contributed by atoms with Crippen LogP contribution in [0.5, 0.6) is 0 Å². The van der Waals surface area contributed by atoms with Gasteiger partial charge in [-0.3, -0.25) is 9.59 Å². The summed E-state index contributed by atoms with van der Waals surface area (Å²) in [6.07, 6.45) is 2.39. The molecule has 2 aromatic heterocycles. The van der Waals surface area contributed by atoms with Gasteiger partial charge in [0.15, 0.2) is 11.2 Å². The van der Waals surface area contributed by atoms with Gasteiger partial charge in [-0.1, -0.05) is 5.21 Å². The van der Waals surface area contributed by atoms with Crippen LogP contribution in [0.2, 0.25) is 0 Å². The third-order valence-electron chi connectivity index (χ3n) is 3.25. The molecule has 19 heavy (non-hydrogen) atoms. The minimum atomic E-state index is -0.364. The van der Waals surface area contributed by atoms with Crippen LogP contribution >= 0.6 is 0 Å². The Kier molecular flexibility index (Phi) is 2.59. The summed E-state index contributed by atoms with van der Waals surface area (Å²) in [5, 5.41) is 7.65. The predicted molar refractivity (Wildman–Crippen MR) is 66.8 cm³/mol. The second kappa shape index (κ2) is 4.16. The first kappa shape index (κ1) is 11.8. The molecule has 0 aromatic carbocycles. The van der Waals surface area contributed by atoms with Crippen LogP contribution in [-0.4, -0.2) is 49.7 Å². The lowest BCUT2D eigenvalue weighted by atomic mass is 10.3. The molecule has 3 rings (SSSR count). The van der Waals surface area contributed by atoms with Crippen LogP contribution < -0.4 is 11.3 Å². The van der Waals surface area contributed by atoms with Crippen LogP contribution in [0.1, 0.15) is 22.6 Å². The highest BCUT2D eigenvalue weighted by Gasteiger charge is 2.28. The number of nitrogens with one attached hydrogen (secondary N) is 1. The fourth-order valence-electron chi connectivity index (χ4n) is 2.32. The van der Waals surface area contributed by atoms with E-state index in [1.54, 1.807) is 18.0 Å². The fourth-order valence-corrected chi connectivity index (χ4v) is 2.32. The van der Waals surface area contributed by atoms with Gasteiger partial charge in [-0.15, -0.1) is 5.10 Å². The number of aromatic amines is 1. The number of nitrogens with two attached hydrogens (primary N) is 1. The van der Waals surface area contributed by atoms with E-state index in [-0.39, 0.29) is 28.7 Å². The molecule has 1 unspecified atom stereocenters. The second-order valence-corrected chi connectivity index (χ2v) is 4.80. The average Bonchev–Trinajstić information content (AvgIpc) is 2.94. The van der Waals surface area contributed by atoms with E-state index >= 15 is 0 Å². The van der Waals surface area contributed by atoms with E-state index in [0.717, 1.165) is 6.42 Å². The Morgan fingerprint density at radius 1 is 1.58 bits per heavy atom. The number of likely N-dealkylation sites (tertiary alicyclic amines) is 1. The van der Waals surface area contributed by atoms with E-state index in [2.05, 4.69) is 15.3 Å². The number of aromatic nitrogens is 4. The van der Waals surface area contributed by atoms with Crippen molar-refractivity contribution in [3.8, 4) is 0 Å². The Bertz CT molecular complexity index is 703. The first-order chi connectivity index (χ1) is 9.06. The van der Waals surface area contributed by atoms with Crippen molar-refractivity contribution in [3.63, 3.8) is 0 Å². The van der Waals surface area contributed by atoms with Gasteiger partial charge in [0.05, 0.1) is 6.20 Å². The van der Waals surface area contributed by atoms with E-state index in [4.69, 9.17) is 5.73 Å². The molecular formula is C11H14N6O2. The van der Waals surface area contributed by atoms with Gasteiger partial charge in [0.1, 0.15) is 0 Å². The number of carbonyl (C=O) groups excluding carboxylic acids is 1. The Morgan fingerprint density at radius 2 is 2.37 bits per heavy atom. The average molecular weight is 262 g/mol. The molecule has 3 heterocycles. The highest BCUT2D eigenvalue weighted by Crippen LogP contribution is 2.13. The van der Waals surface area contributed by atoms with Crippen LogP contribution in [0.25, 0.3) is 5.52 Å². The van der Waals surface area contributed by atoms with Gasteiger partial charge < -0.3 is 15.6 Å². The normalized spacial score (nSPS) is 19.3. The van der Waals surface area contributed by atoms with Crippen molar-refractivity contribution in [1.82, 2.24) is 24.7 Å². The largest absolute Gasteiger partial charge is 0.336 e. The first-order valence-corrected chi connectivity index (χ1v) is 6.06. The quantitative estimate of drug-likeness (QED) is 0.678. The molecule has 1 atom stereocenters. The molecule has 1 amide bonds. The van der Waals surface area contributed by atoms with E-state index in [1.165, 1.54) is 4.52 Å². The second-order valence-electron chi connectivity index (χ2n) is 4.80. The molecule has 1 fully saturated rings. The molecule has 3 N–H and O–H groups in total. The Hall–Kier alpha value is -2.22. The van der Waals surface area contributed by atoms with Gasteiger partial charge in [-0.05, 0) is 13.3 Å². The molecule has 8 heteroatoms. The van der Waals surface area contributed by atoms with E-state index in [0.29, 0.717) is 18.8 Å². The monoisotopic (exact) mass is 262 g/mol. The molecule has 2 aromatic rings. The SMILES string of the molecule is Cc1cn2nnc(C(=O)N3CCC(N)C3)c2c(=O)[nH]1. The van der Waals surface area contributed by atoms with Gasteiger partial charge >= 0.3 is 0 Å². The lowest BCUT2D eigenvalue weighted by Crippen LogP contribution is -2.32. The first-order valence-electron chi connectivity index (χ1n) is 6.06. The molecule has 0 aliphatic carbocycles. The van der Waals surface area contributed by atoms with Crippen LogP contribution in [-0.2, 0) is 0 Å². The standard InChI is InChI=1S/C11H14N6O2/c1-6-4-17-9(10(18)13-6)8(14-15-17)11(19)16-3-2-7(12)5-16/h4,7H,2-3,5,12H2,1H3,(H,13,18). The van der Waals surface area contributed by atoms with Crippen molar-refractivity contribution >= 4 is 11.4 Å². The summed E-state index contributed by atoms with van der Waals surface area (Å²) in [5.74, 6) is -0.294. The van der Waals surface area contributed by atoms with E-state index in [1.807, 2.05) is 0 Å². The van der Waals surface area contributed by atoms with Gasteiger partial charge in [0.2, 0.25) is 0 Å². The van der Waals surface area contributed by atoms with Crippen LogP contribution in [0, 0.1) is 6.92 Å². The van der Waals surface area contributed by atoms with Crippen LogP contribution in [0.4, 0.5) is 0 Å². The smallest absolute Gasteiger partial charge is 0.276 e. The molecule has 1 saturated heterocycles. The Labute approximate surface area is 108 Å². The number of hydrogen-bond donors (Lipinski definition) is 2. The summed E-state index contributed by atoms with van der Waals surface area (Å²) in [7, 11) is 0. The van der Waals surface area contributed by atoms with E-state index < -0.39 is 0 Å². The topological polar surface area (TPSA) is 109 Å². The van der Waals surface area contributed by atoms with Crippen molar-refractivity contribution < 1.29 is 4.79 Å². The van der Waals surface area contributed by atoms with Crippen molar-refractivity contribution in [1.29, 1.82) is 0 Å². The number of carbonyl (C=O) groups is 1. The van der Waals surface area contributed by atoms with Crippen molar-refractivity contribution in [2.24, 2.45) is 5.73 Å². The molecular weight excluding hydrogens is 248 g/mol. The van der Waals surface area contributed by atoms with Crippen molar-refractivity contribution in [3.05, 3.63) is 27.9 Å². The summed E-state index contributed by atoms with van der Waals surface area (Å²) in [6.45, 7) is 2.81. The highest BCUT2D eigenvalue weighted by atomic mass is 16.2. The number of H-pyrrole nitrogens is 1. The number of aryl methyl sites for hydroxylation is 1. The maximum atomic E-state index is 12.3. The summed E-state index contributed by atoms with van der Waals surface area (Å²) >= 11 is 0. The maximum absolute atomic E-state index is 12.3. The number of fused-ring (bicyclic) bond motifs is 1. The third-order valence-corrected chi connectivity index (χ3v) is 3.25. The Morgan fingerprint density at radius 3 is 3.05 bits per heavy atom. The molecule has 0 radical (unpaired) electrons. The fraction of sp³-hybridized carbons (Fsp3) is 0.455. The minimum Gasteiger partial charge on any atom is -0.336 e. The number of rotatable bonds is 1. The lowest BCUT2D eigenvalue weighted by molar-refractivity contribution is 0.0787. The van der Waals surface area contributed by atoms with Gasteiger partial charge in [0.25, 0.3) is 11.5 Å². The van der Waals surface area contributed by atoms with Gasteiger partial charge in [-0.2, -0.15) is 0 Å². The summed E-state index contributed by atoms with van der Waals surface area (Å²) < 4.78 is 1.33. The van der Waals surface area contributed by atoms with Crippen molar-refractivity contribution in [2.45, 2.75) is 19.4 Å². The molecule has 0 saturated carbocycles. The lowest BCUT2D eigenvalue weighted by Gasteiger charge is -2.13.